The summed E-state index contributed by atoms with van der Waals surface area (Å²) in [6.07, 6.45) is -6.13. The molecule has 1 unspecified atom stereocenters. The monoisotopic (exact) mass is 644 g/mol. The van der Waals surface area contributed by atoms with E-state index in [4.69, 9.17) is 27.8 Å². The van der Waals surface area contributed by atoms with Crippen molar-refractivity contribution >= 4 is 27.8 Å². The molecule has 1 aliphatic rings. The smallest absolute Gasteiger partial charge is 0.462 e. The number of aliphatic hydroxyl groups is 4. The first-order valence-corrected chi connectivity index (χ1v) is 20.0. The van der Waals surface area contributed by atoms with E-state index in [2.05, 4.69) is 19.6 Å². The fourth-order valence-electron chi connectivity index (χ4n) is 4.12. The Labute approximate surface area is 250 Å². The van der Waals surface area contributed by atoms with Gasteiger partial charge in [-0.15, -0.1) is 0 Å². The van der Waals surface area contributed by atoms with Crippen molar-refractivity contribution in [1.82, 2.24) is 0 Å². The average Bonchev–Trinajstić information content (AvgIpc) is 2.92. The van der Waals surface area contributed by atoms with Crippen LogP contribution in [0.1, 0.15) is 65.2 Å². The SMILES string of the molecule is CCCCCC(=O)OC[C@H](COP(=O)(OCC[Si](C)(C)C)O[C@H]1[C@H](O)[C@@H](O)[C@H](O)[C@@H](O)[C@H]1OC)OC(=O)CCCCC. The van der Waals surface area contributed by atoms with Crippen molar-refractivity contribution in [2.24, 2.45) is 0 Å². The number of carbonyl (C=O) groups excluding carboxylic acids is 2. The van der Waals surface area contributed by atoms with E-state index >= 15 is 0 Å². The average molecular weight is 645 g/mol. The summed E-state index contributed by atoms with van der Waals surface area (Å²) < 4.78 is 46.6. The van der Waals surface area contributed by atoms with Crippen LogP contribution in [0.25, 0.3) is 0 Å². The van der Waals surface area contributed by atoms with E-state index in [0.717, 1.165) is 25.7 Å². The molecule has 1 fully saturated rings. The summed E-state index contributed by atoms with van der Waals surface area (Å²) >= 11 is 0. The quantitative estimate of drug-likeness (QED) is 0.0619. The Hall–Kier alpha value is -0.933. The molecule has 13 nitrogen and oxygen atoms in total. The summed E-state index contributed by atoms with van der Waals surface area (Å²) in [6, 6.07) is 0.569. The lowest BCUT2D eigenvalue weighted by Gasteiger charge is -2.43. The zero-order valence-corrected chi connectivity index (χ0v) is 27.8. The first-order valence-electron chi connectivity index (χ1n) is 14.9. The fraction of sp³-hybridized carbons (Fsp3) is 0.926. The standard InChI is InChI=1S/C27H53O13PSi/c1-7-9-11-13-20(28)36-17-19(39-21(29)14-12-10-8-2)18-38-41(34,37-15-16-42(4,5)6)40-27-25(33)23(31)22(30)24(32)26(27)35-3/h19,22-27,30-33H,7-18H2,1-6H3/t19-,22+,23+,24-,25-,26-,27+,41?/m1/s1. The topological polar surface area (TPSA) is 188 Å². The van der Waals surface area contributed by atoms with Crippen LogP contribution >= 0.6 is 7.82 Å². The van der Waals surface area contributed by atoms with E-state index in [1.807, 2.05) is 13.8 Å². The largest absolute Gasteiger partial charge is 0.475 e. The van der Waals surface area contributed by atoms with Crippen molar-refractivity contribution in [3.05, 3.63) is 0 Å². The Morgan fingerprint density at radius 1 is 0.786 bits per heavy atom. The van der Waals surface area contributed by atoms with Crippen molar-refractivity contribution < 1.29 is 62.4 Å². The van der Waals surface area contributed by atoms with Gasteiger partial charge in [-0.3, -0.25) is 23.2 Å². The van der Waals surface area contributed by atoms with Crippen molar-refractivity contribution in [2.75, 3.05) is 26.9 Å². The molecule has 1 saturated carbocycles. The summed E-state index contributed by atoms with van der Waals surface area (Å²) in [5.74, 6) is -1.02. The molecule has 0 saturated heterocycles. The first kappa shape index (κ1) is 39.1. The van der Waals surface area contributed by atoms with Crippen LogP contribution in [-0.4, -0.2) is 110 Å². The van der Waals surface area contributed by atoms with Gasteiger partial charge < -0.3 is 34.6 Å². The van der Waals surface area contributed by atoms with Crippen molar-refractivity contribution in [2.45, 2.75) is 134 Å². The molecule has 0 aromatic rings. The van der Waals surface area contributed by atoms with Gasteiger partial charge in [0, 0.05) is 28.0 Å². The number of ether oxygens (including phenoxy) is 3. The minimum Gasteiger partial charge on any atom is -0.462 e. The van der Waals surface area contributed by atoms with E-state index in [9.17, 15) is 34.6 Å². The third kappa shape index (κ3) is 14.2. The van der Waals surface area contributed by atoms with Crippen LogP contribution in [0, 0.1) is 0 Å². The molecule has 1 rings (SSSR count). The summed E-state index contributed by atoms with van der Waals surface area (Å²) in [6.45, 7) is 9.30. The number of rotatable bonds is 21. The summed E-state index contributed by atoms with van der Waals surface area (Å²) in [7, 11) is -5.07. The van der Waals surface area contributed by atoms with E-state index in [-0.39, 0.29) is 26.1 Å². The van der Waals surface area contributed by atoms with Crippen LogP contribution < -0.4 is 0 Å². The van der Waals surface area contributed by atoms with Gasteiger partial charge in [-0.05, 0) is 18.9 Å². The van der Waals surface area contributed by atoms with Crippen molar-refractivity contribution in [3.63, 3.8) is 0 Å². The Morgan fingerprint density at radius 2 is 1.33 bits per heavy atom. The van der Waals surface area contributed by atoms with Crippen LogP contribution in [0.15, 0.2) is 0 Å². The molecule has 0 amide bonds. The number of hydrogen-bond acceptors (Lipinski definition) is 13. The van der Waals surface area contributed by atoms with Gasteiger partial charge >= 0.3 is 19.8 Å². The van der Waals surface area contributed by atoms with E-state index in [1.54, 1.807) is 0 Å². The normalized spacial score (nSPS) is 26.8. The molecule has 0 heterocycles. The van der Waals surface area contributed by atoms with Crippen molar-refractivity contribution in [1.29, 1.82) is 0 Å². The van der Waals surface area contributed by atoms with Gasteiger partial charge in [0.2, 0.25) is 0 Å². The Kier molecular flexibility index (Phi) is 18.1. The molecule has 15 heteroatoms. The maximum atomic E-state index is 13.9. The van der Waals surface area contributed by atoms with Gasteiger partial charge in [0.1, 0.15) is 43.2 Å². The van der Waals surface area contributed by atoms with Crippen molar-refractivity contribution in [3.8, 4) is 0 Å². The number of aliphatic hydroxyl groups excluding tert-OH is 4. The van der Waals surface area contributed by atoms with Gasteiger partial charge in [0.05, 0.1) is 13.2 Å². The highest BCUT2D eigenvalue weighted by Crippen LogP contribution is 2.53. The van der Waals surface area contributed by atoms with Crippen LogP contribution in [0.5, 0.6) is 0 Å². The highest BCUT2D eigenvalue weighted by Gasteiger charge is 2.53. The molecular weight excluding hydrogens is 591 g/mol. The Morgan fingerprint density at radius 3 is 1.86 bits per heavy atom. The van der Waals surface area contributed by atoms with Gasteiger partial charge in [-0.25, -0.2) is 4.57 Å². The minimum atomic E-state index is -4.58. The second-order valence-corrected chi connectivity index (χ2v) is 19.1. The molecule has 1 aliphatic carbocycles. The number of esters is 2. The minimum absolute atomic E-state index is 0.0327. The molecule has 4 N–H and O–H groups in total. The first-order chi connectivity index (χ1) is 19.7. The number of carbonyl (C=O) groups is 2. The molecule has 8 atom stereocenters. The number of methoxy groups -OCH3 is 1. The van der Waals surface area contributed by atoms with Gasteiger partial charge in [0.25, 0.3) is 0 Å². The van der Waals surface area contributed by atoms with Crippen LogP contribution in [0.4, 0.5) is 0 Å². The predicted molar refractivity (Wildman–Crippen MR) is 156 cm³/mol. The molecule has 248 valence electrons. The highest BCUT2D eigenvalue weighted by atomic mass is 31.2. The summed E-state index contributed by atoms with van der Waals surface area (Å²) in [5, 5.41) is 41.3. The number of unbranched alkanes of at least 4 members (excludes halogenated alkanes) is 4. The van der Waals surface area contributed by atoms with E-state index in [0.29, 0.717) is 18.9 Å². The molecule has 0 spiro atoms. The zero-order chi connectivity index (χ0) is 31.9. The lowest BCUT2D eigenvalue weighted by Crippen LogP contribution is -2.64. The third-order valence-electron chi connectivity index (χ3n) is 6.79. The maximum Gasteiger partial charge on any atom is 0.475 e. The second kappa shape index (κ2) is 19.5. The van der Waals surface area contributed by atoms with Gasteiger partial charge in [-0.1, -0.05) is 59.2 Å². The zero-order valence-electron chi connectivity index (χ0n) is 25.9. The summed E-state index contributed by atoms with van der Waals surface area (Å²) in [4.78, 5) is 24.7. The highest BCUT2D eigenvalue weighted by molar-refractivity contribution is 7.48. The number of phosphoric acid groups is 1. The molecule has 0 aliphatic heterocycles. The molecule has 0 radical (unpaired) electrons. The molecular formula is C27H53O13PSi. The fourth-order valence-corrected chi connectivity index (χ4v) is 6.41. The maximum absolute atomic E-state index is 13.9. The molecule has 0 bridgehead atoms. The number of phosphoric ester groups is 1. The van der Waals surface area contributed by atoms with Gasteiger partial charge in [-0.2, -0.15) is 0 Å². The Bertz CT molecular complexity index is 839. The molecule has 0 aromatic carbocycles. The summed E-state index contributed by atoms with van der Waals surface area (Å²) in [5.41, 5.74) is 0. The lowest BCUT2D eigenvalue weighted by molar-refractivity contribution is -0.227. The third-order valence-corrected chi connectivity index (χ3v) is 9.96. The van der Waals surface area contributed by atoms with Gasteiger partial charge in [0.15, 0.2) is 6.10 Å². The second-order valence-electron chi connectivity index (χ2n) is 11.8. The Balaban J connectivity index is 3.11. The van der Waals surface area contributed by atoms with E-state index in [1.165, 1.54) is 7.11 Å². The number of hydrogen-bond donors (Lipinski definition) is 4. The predicted octanol–water partition coefficient (Wildman–Crippen LogP) is 2.94. The van der Waals surface area contributed by atoms with Crippen LogP contribution in [-0.2, 0) is 41.9 Å². The van der Waals surface area contributed by atoms with Crippen LogP contribution in [0.2, 0.25) is 25.7 Å². The molecule has 42 heavy (non-hydrogen) atoms. The van der Waals surface area contributed by atoms with Crippen LogP contribution in [0.3, 0.4) is 0 Å². The molecule has 0 aromatic heterocycles. The van der Waals surface area contributed by atoms with E-state index < -0.39 is 77.2 Å². The lowest BCUT2D eigenvalue weighted by atomic mass is 9.85.